The largest absolute Gasteiger partial charge is 0.372 e. The van der Waals surface area contributed by atoms with Crippen molar-refractivity contribution in [1.82, 2.24) is 21.0 Å². The highest BCUT2D eigenvalue weighted by Crippen LogP contribution is 2.18. The number of aromatic nitrogens is 2. The van der Waals surface area contributed by atoms with Crippen molar-refractivity contribution < 1.29 is 9.59 Å². The fourth-order valence-electron chi connectivity index (χ4n) is 2.00. The van der Waals surface area contributed by atoms with Crippen molar-refractivity contribution in [3.05, 3.63) is 35.3 Å². The Kier molecular flexibility index (Phi) is 7.01. The van der Waals surface area contributed by atoms with E-state index >= 15 is 0 Å². The average molecular weight is 365 g/mol. The number of hydrogen-bond donors (Lipinski definition) is 2. The number of hydrazine groups is 1. The second-order valence-corrected chi connectivity index (χ2v) is 6.77. The molecule has 0 spiro atoms. The van der Waals surface area contributed by atoms with E-state index in [1.165, 1.54) is 23.1 Å². The normalized spacial score (nSPS) is 10.2. The predicted octanol–water partition coefficient (Wildman–Crippen LogP) is 1.94. The average Bonchev–Trinajstić information content (AvgIpc) is 3.13. The van der Waals surface area contributed by atoms with Crippen molar-refractivity contribution in [3.8, 4) is 0 Å². The molecule has 0 aliphatic carbocycles. The quantitative estimate of drug-likeness (QED) is 0.576. The van der Waals surface area contributed by atoms with Gasteiger partial charge in [-0.2, -0.15) is 0 Å². The summed E-state index contributed by atoms with van der Waals surface area (Å²) in [7, 11) is 0. The van der Waals surface area contributed by atoms with E-state index in [0.717, 1.165) is 18.8 Å². The standard InChI is InChI=1S/C15H19N5O2S2/c1-3-20(4-2)12-7-5-11(6-8-12)14(22)18-17-13(21)9-23-15-19-16-10-24-15/h5-8,10H,3-4,9H2,1-2H3,(H,17,21)(H,18,22). The number of carbonyl (C=O) groups is 2. The monoisotopic (exact) mass is 365 g/mol. The molecule has 0 aliphatic heterocycles. The topological polar surface area (TPSA) is 87.2 Å². The molecule has 0 saturated heterocycles. The Morgan fingerprint density at radius 2 is 1.88 bits per heavy atom. The predicted molar refractivity (Wildman–Crippen MR) is 96.2 cm³/mol. The Balaban J connectivity index is 1.80. The van der Waals surface area contributed by atoms with Crippen LogP contribution in [-0.4, -0.2) is 40.9 Å². The van der Waals surface area contributed by atoms with Crippen LogP contribution in [-0.2, 0) is 4.79 Å². The Bertz CT molecular complexity index is 657. The number of anilines is 1. The zero-order chi connectivity index (χ0) is 17.4. The number of nitrogens with zero attached hydrogens (tertiary/aromatic N) is 3. The smallest absolute Gasteiger partial charge is 0.269 e. The highest BCUT2D eigenvalue weighted by molar-refractivity contribution is 8.01. The van der Waals surface area contributed by atoms with E-state index in [1.807, 2.05) is 12.1 Å². The maximum atomic E-state index is 12.0. The molecule has 0 aliphatic rings. The van der Waals surface area contributed by atoms with E-state index in [-0.39, 0.29) is 17.6 Å². The zero-order valence-corrected chi connectivity index (χ0v) is 15.1. The summed E-state index contributed by atoms with van der Waals surface area (Å²) in [4.78, 5) is 25.9. The van der Waals surface area contributed by atoms with Crippen molar-refractivity contribution in [2.24, 2.45) is 0 Å². The van der Waals surface area contributed by atoms with E-state index in [0.29, 0.717) is 9.90 Å². The van der Waals surface area contributed by atoms with Gasteiger partial charge < -0.3 is 4.90 Å². The fourth-order valence-corrected chi connectivity index (χ4v) is 3.29. The van der Waals surface area contributed by atoms with Gasteiger partial charge in [0.15, 0.2) is 4.34 Å². The molecule has 0 atom stereocenters. The Morgan fingerprint density at radius 1 is 1.17 bits per heavy atom. The summed E-state index contributed by atoms with van der Waals surface area (Å²) in [6, 6.07) is 7.28. The third kappa shape index (κ3) is 5.20. The maximum absolute atomic E-state index is 12.0. The number of hydrogen-bond acceptors (Lipinski definition) is 7. The van der Waals surface area contributed by atoms with Gasteiger partial charge in [-0.25, -0.2) is 0 Å². The van der Waals surface area contributed by atoms with Crippen LogP contribution in [0.4, 0.5) is 5.69 Å². The maximum Gasteiger partial charge on any atom is 0.269 e. The van der Waals surface area contributed by atoms with Crippen molar-refractivity contribution >= 4 is 40.6 Å². The lowest BCUT2D eigenvalue weighted by Crippen LogP contribution is -2.42. The highest BCUT2D eigenvalue weighted by atomic mass is 32.2. The minimum Gasteiger partial charge on any atom is -0.372 e. The summed E-state index contributed by atoms with van der Waals surface area (Å²) in [6.07, 6.45) is 0. The van der Waals surface area contributed by atoms with Crippen molar-refractivity contribution in [1.29, 1.82) is 0 Å². The lowest BCUT2D eigenvalue weighted by atomic mass is 10.2. The molecular weight excluding hydrogens is 346 g/mol. The molecule has 9 heteroatoms. The molecule has 7 nitrogen and oxygen atoms in total. The van der Waals surface area contributed by atoms with E-state index in [9.17, 15) is 9.59 Å². The van der Waals surface area contributed by atoms with Crippen LogP contribution in [0, 0.1) is 0 Å². The fraction of sp³-hybridized carbons (Fsp3) is 0.333. The minimum absolute atomic E-state index is 0.163. The summed E-state index contributed by atoms with van der Waals surface area (Å²) in [5.41, 5.74) is 7.95. The molecule has 24 heavy (non-hydrogen) atoms. The first-order valence-corrected chi connectivity index (χ1v) is 9.33. The number of benzene rings is 1. The Hall–Kier alpha value is -2.13. The van der Waals surface area contributed by atoms with Crippen LogP contribution in [0.3, 0.4) is 0 Å². The first-order valence-electron chi connectivity index (χ1n) is 7.47. The van der Waals surface area contributed by atoms with Gasteiger partial charge in [0.1, 0.15) is 5.51 Å². The van der Waals surface area contributed by atoms with Crippen molar-refractivity contribution in [3.63, 3.8) is 0 Å². The van der Waals surface area contributed by atoms with Gasteiger partial charge in [0.05, 0.1) is 5.75 Å². The second-order valence-electron chi connectivity index (χ2n) is 4.71. The molecule has 0 fully saturated rings. The SMILES string of the molecule is CCN(CC)c1ccc(C(=O)NNC(=O)CSc2nncs2)cc1. The second kappa shape index (κ2) is 9.24. The summed E-state index contributed by atoms with van der Waals surface area (Å²) in [5, 5.41) is 7.52. The van der Waals surface area contributed by atoms with E-state index in [4.69, 9.17) is 0 Å². The van der Waals surface area contributed by atoms with Gasteiger partial charge in [-0.05, 0) is 38.1 Å². The molecule has 0 bridgehead atoms. The number of thioether (sulfide) groups is 1. The third-order valence-electron chi connectivity index (χ3n) is 3.24. The molecule has 1 aromatic heterocycles. The lowest BCUT2D eigenvalue weighted by Gasteiger charge is -2.21. The van der Waals surface area contributed by atoms with Crippen LogP contribution in [0.25, 0.3) is 0 Å². The van der Waals surface area contributed by atoms with Crippen LogP contribution in [0.5, 0.6) is 0 Å². The molecule has 1 aromatic carbocycles. The van der Waals surface area contributed by atoms with Gasteiger partial charge in [-0.15, -0.1) is 10.2 Å². The number of nitrogens with one attached hydrogen (secondary N) is 2. The van der Waals surface area contributed by atoms with Crippen molar-refractivity contribution in [2.75, 3.05) is 23.7 Å². The zero-order valence-electron chi connectivity index (χ0n) is 13.5. The summed E-state index contributed by atoms with van der Waals surface area (Å²) < 4.78 is 0.712. The Morgan fingerprint density at radius 3 is 2.46 bits per heavy atom. The Labute approximate surface area is 148 Å². The van der Waals surface area contributed by atoms with Gasteiger partial charge in [0.25, 0.3) is 5.91 Å². The molecule has 2 aromatic rings. The van der Waals surface area contributed by atoms with E-state index < -0.39 is 0 Å². The summed E-state index contributed by atoms with van der Waals surface area (Å²) in [5.74, 6) is -0.491. The molecule has 128 valence electrons. The number of rotatable bonds is 7. The third-order valence-corrected chi connectivity index (χ3v) is 5.10. The van der Waals surface area contributed by atoms with Gasteiger partial charge in [0.2, 0.25) is 5.91 Å². The molecule has 2 N–H and O–H groups in total. The first kappa shape index (κ1) is 18.2. The first-order chi connectivity index (χ1) is 11.6. The van der Waals surface area contributed by atoms with Crippen LogP contribution in [0.1, 0.15) is 24.2 Å². The molecule has 2 rings (SSSR count). The van der Waals surface area contributed by atoms with Crippen LogP contribution in [0.15, 0.2) is 34.1 Å². The van der Waals surface area contributed by atoms with Gasteiger partial charge in [-0.3, -0.25) is 20.4 Å². The summed E-state index contributed by atoms with van der Waals surface area (Å²) >= 11 is 2.63. The van der Waals surface area contributed by atoms with Gasteiger partial charge in [-0.1, -0.05) is 23.1 Å². The molecule has 0 radical (unpaired) electrons. The summed E-state index contributed by atoms with van der Waals surface area (Å²) in [6.45, 7) is 5.98. The minimum atomic E-state index is -0.352. The molecule has 2 amide bonds. The van der Waals surface area contributed by atoms with Crippen LogP contribution in [0.2, 0.25) is 0 Å². The highest BCUT2D eigenvalue weighted by Gasteiger charge is 2.09. The number of carbonyl (C=O) groups excluding carboxylic acids is 2. The lowest BCUT2D eigenvalue weighted by molar-refractivity contribution is -0.119. The van der Waals surface area contributed by atoms with Crippen LogP contribution < -0.4 is 15.8 Å². The van der Waals surface area contributed by atoms with Crippen LogP contribution >= 0.6 is 23.1 Å². The van der Waals surface area contributed by atoms with Crippen molar-refractivity contribution in [2.45, 2.75) is 18.2 Å². The van der Waals surface area contributed by atoms with Gasteiger partial charge in [0, 0.05) is 24.3 Å². The molecular formula is C15H19N5O2S2. The van der Waals surface area contributed by atoms with E-state index in [2.05, 4.69) is 39.8 Å². The molecule has 1 heterocycles. The molecule has 0 saturated carbocycles. The number of amides is 2. The molecule has 0 unspecified atom stereocenters. The van der Waals surface area contributed by atoms with E-state index in [1.54, 1.807) is 17.6 Å². The van der Waals surface area contributed by atoms with Gasteiger partial charge >= 0.3 is 0 Å².